The highest BCUT2D eigenvalue weighted by atomic mass is 16.4. The average Bonchev–Trinajstić information content (AvgIpc) is 2.13. The number of hydrogen-bond acceptors (Lipinski definition) is 3. The van der Waals surface area contributed by atoms with Crippen molar-refractivity contribution in [3.05, 3.63) is 0 Å². The summed E-state index contributed by atoms with van der Waals surface area (Å²) in [4.78, 5) is 10.4. The molecule has 1 fully saturated rings. The molecule has 1 saturated heterocycles. The Hall–Kier alpha value is -0.610. The molecule has 0 amide bonds. The van der Waals surface area contributed by atoms with E-state index in [2.05, 4.69) is 5.32 Å². The van der Waals surface area contributed by atoms with Gasteiger partial charge in [0.05, 0.1) is 0 Å². The molecule has 10 heavy (non-hydrogen) atoms. The topological polar surface area (TPSA) is 69.6 Å². The molecule has 0 saturated carbocycles. The highest BCUT2D eigenvalue weighted by Crippen LogP contribution is 2.20. The van der Waals surface area contributed by atoms with E-state index in [9.17, 15) is 9.90 Å². The maximum absolute atomic E-state index is 10.4. The van der Waals surface area contributed by atoms with Crippen molar-refractivity contribution < 1.29 is 15.0 Å². The fourth-order valence-electron chi connectivity index (χ4n) is 1.15. The van der Waals surface area contributed by atoms with Crippen LogP contribution in [0.2, 0.25) is 0 Å². The maximum Gasteiger partial charge on any atom is 0.351 e. The lowest BCUT2D eigenvalue weighted by molar-refractivity contribution is -0.160. The second kappa shape index (κ2) is 2.21. The van der Waals surface area contributed by atoms with E-state index >= 15 is 0 Å². The highest BCUT2D eigenvalue weighted by Gasteiger charge is 2.41. The molecule has 0 spiro atoms. The molecule has 1 unspecified atom stereocenters. The lowest BCUT2D eigenvalue weighted by atomic mass is 10.1. The minimum atomic E-state index is -1.67. The van der Waals surface area contributed by atoms with E-state index in [4.69, 9.17) is 5.11 Å². The van der Waals surface area contributed by atoms with E-state index < -0.39 is 11.7 Å². The Morgan fingerprint density at radius 3 is 2.60 bits per heavy atom. The summed E-state index contributed by atoms with van der Waals surface area (Å²) in [5.41, 5.74) is -1.67. The minimum Gasteiger partial charge on any atom is -0.478 e. The smallest absolute Gasteiger partial charge is 0.351 e. The van der Waals surface area contributed by atoms with Crippen molar-refractivity contribution in [2.24, 2.45) is 5.92 Å². The molecule has 0 aliphatic carbocycles. The van der Waals surface area contributed by atoms with Gasteiger partial charge in [-0.3, -0.25) is 5.32 Å². The average molecular weight is 145 g/mol. The molecule has 58 valence electrons. The van der Waals surface area contributed by atoms with Crippen molar-refractivity contribution in [2.75, 3.05) is 6.54 Å². The van der Waals surface area contributed by atoms with E-state index in [-0.39, 0.29) is 5.92 Å². The number of aliphatic hydroxyl groups is 1. The van der Waals surface area contributed by atoms with E-state index in [1.807, 2.05) is 6.92 Å². The zero-order valence-electron chi connectivity index (χ0n) is 5.79. The molecule has 4 heteroatoms. The van der Waals surface area contributed by atoms with Gasteiger partial charge in [0.15, 0.2) is 0 Å². The predicted molar refractivity (Wildman–Crippen MR) is 34.4 cm³/mol. The highest BCUT2D eigenvalue weighted by molar-refractivity contribution is 5.76. The fourth-order valence-corrected chi connectivity index (χ4v) is 1.15. The van der Waals surface area contributed by atoms with Crippen LogP contribution in [0, 0.1) is 5.92 Å². The molecule has 1 rings (SSSR count). The quantitative estimate of drug-likeness (QED) is 0.460. The molecular formula is C6H11NO3. The molecule has 0 bridgehead atoms. The summed E-state index contributed by atoms with van der Waals surface area (Å²) in [6.45, 7) is 2.47. The zero-order valence-corrected chi connectivity index (χ0v) is 5.79. The van der Waals surface area contributed by atoms with Gasteiger partial charge in [0.2, 0.25) is 5.72 Å². The van der Waals surface area contributed by atoms with Crippen molar-refractivity contribution in [3.8, 4) is 0 Å². The number of carbonyl (C=O) groups is 1. The monoisotopic (exact) mass is 145 g/mol. The van der Waals surface area contributed by atoms with E-state index in [1.165, 1.54) is 0 Å². The van der Waals surface area contributed by atoms with Crippen LogP contribution in [0.15, 0.2) is 0 Å². The third-order valence-electron chi connectivity index (χ3n) is 1.74. The fraction of sp³-hybridized carbons (Fsp3) is 0.833. The van der Waals surface area contributed by atoms with Crippen molar-refractivity contribution in [1.82, 2.24) is 5.32 Å². The first-order valence-electron chi connectivity index (χ1n) is 3.25. The van der Waals surface area contributed by atoms with Crippen LogP contribution in [0.1, 0.15) is 13.3 Å². The molecule has 1 aliphatic rings. The number of rotatable bonds is 1. The van der Waals surface area contributed by atoms with Crippen molar-refractivity contribution in [2.45, 2.75) is 19.1 Å². The van der Waals surface area contributed by atoms with Crippen LogP contribution >= 0.6 is 0 Å². The van der Waals surface area contributed by atoms with E-state index in [1.54, 1.807) is 0 Å². The van der Waals surface area contributed by atoms with Gasteiger partial charge in [-0.1, -0.05) is 6.92 Å². The Labute approximate surface area is 58.9 Å². The number of carboxylic acid groups (broad SMARTS) is 1. The summed E-state index contributed by atoms with van der Waals surface area (Å²) in [6.07, 6.45) is 0.294. The van der Waals surface area contributed by atoms with Crippen LogP contribution in [-0.4, -0.2) is 28.5 Å². The first-order valence-corrected chi connectivity index (χ1v) is 3.25. The van der Waals surface area contributed by atoms with Gasteiger partial charge in [-0.2, -0.15) is 0 Å². The molecule has 0 radical (unpaired) electrons. The summed E-state index contributed by atoms with van der Waals surface area (Å²) in [7, 11) is 0. The van der Waals surface area contributed by atoms with Gasteiger partial charge in [0.25, 0.3) is 0 Å². The lowest BCUT2D eigenvalue weighted by Crippen LogP contribution is -2.47. The number of aliphatic carboxylic acids is 1. The minimum absolute atomic E-state index is 0.237. The van der Waals surface area contributed by atoms with Gasteiger partial charge in [-0.05, 0) is 5.92 Å². The van der Waals surface area contributed by atoms with E-state index in [0.29, 0.717) is 13.0 Å². The van der Waals surface area contributed by atoms with Crippen LogP contribution in [0.5, 0.6) is 0 Å². The first-order chi connectivity index (χ1) is 4.54. The molecule has 4 nitrogen and oxygen atoms in total. The van der Waals surface area contributed by atoms with Crippen molar-refractivity contribution in [3.63, 3.8) is 0 Å². The van der Waals surface area contributed by atoms with E-state index in [0.717, 1.165) is 0 Å². The summed E-state index contributed by atoms with van der Waals surface area (Å²) in [5, 5.41) is 20.2. The van der Waals surface area contributed by atoms with Crippen LogP contribution in [0.25, 0.3) is 0 Å². The summed E-state index contributed by atoms with van der Waals surface area (Å²) in [5.74, 6) is -0.946. The largest absolute Gasteiger partial charge is 0.478 e. The van der Waals surface area contributed by atoms with Crippen LogP contribution in [-0.2, 0) is 4.79 Å². The molecule has 2 atom stereocenters. The molecule has 1 heterocycles. The maximum atomic E-state index is 10.4. The molecule has 1 aliphatic heterocycles. The Morgan fingerprint density at radius 2 is 2.40 bits per heavy atom. The molecule has 3 N–H and O–H groups in total. The lowest BCUT2D eigenvalue weighted by Gasteiger charge is -2.15. The van der Waals surface area contributed by atoms with Crippen LogP contribution in [0.4, 0.5) is 0 Å². The third-order valence-corrected chi connectivity index (χ3v) is 1.74. The summed E-state index contributed by atoms with van der Waals surface area (Å²) in [6, 6.07) is 0. The second-order valence-electron chi connectivity index (χ2n) is 2.86. The van der Waals surface area contributed by atoms with Gasteiger partial charge < -0.3 is 10.2 Å². The first kappa shape index (κ1) is 7.50. The molecule has 0 aromatic heterocycles. The van der Waals surface area contributed by atoms with Gasteiger partial charge in [0, 0.05) is 13.0 Å². The molecule has 0 aromatic carbocycles. The van der Waals surface area contributed by atoms with Gasteiger partial charge >= 0.3 is 5.97 Å². The molecular weight excluding hydrogens is 134 g/mol. The van der Waals surface area contributed by atoms with Gasteiger partial charge in [0.1, 0.15) is 0 Å². The Balaban J connectivity index is 2.63. The third kappa shape index (κ3) is 1.12. The normalized spacial score (nSPS) is 40.0. The Morgan fingerprint density at radius 1 is 1.80 bits per heavy atom. The summed E-state index contributed by atoms with van der Waals surface area (Å²) < 4.78 is 0. The second-order valence-corrected chi connectivity index (χ2v) is 2.86. The predicted octanol–water partition coefficient (Wildman–Crippen LogP) is -0.611. The SMILES string of the molecule is CC1CN[C@](O)(C(=O)O)C1. The van der Waals surface area contributed by atoms with Crippen LogP contribution in [0.3, 0.4) is 0 Å². The van der Waals surface area contributed by atoms with Gasteiger partial charge in [-0.15, -0.1) is 0 Å². The Bertz CT molecular complexity index is 159. The number of nitrogens with one attached hydrogen (secondary N) is 1. The number of hydrogen-bond donors (Lipinski definition) is 3. The zero-order chi connectivity index (χ0) is 7.78. The van der Waals surface area contributed by atoms with Crippen molar-refractivity contribution >= 4 is 5.97 Å². The standard InChI is InChI=1S/C6H11NO3/c1-4-2-6(10,5(8)9)7-3-4/h4,7,10H,2-3H2,1H3,(H,8,9)/t4?,6-/m1/s1. The van der Waals surface area contributed by atoms with Crippen LogP contribution < -0.4 is 5.32 Å². The summed E-state index contributed by atoms with van der Waals surface area (Å²) >= 11 is 0. The number of carboxylic acids is 1. The van der Waals surface area contributed by atoms with Gasteiger partial charge in [-0.25, -0.2) is 4.79 Å². The molecule has 0 aromatic rings. The Kier molecular flexibility index (Phi) is 1.66. The van der Waals surface area contributed by atoms with Crippen molar-refractivity contribution in [1.29, 1.82) is 0 Å².